The van der Waals surface area contributed by atoms with Crippen molar-refractivity contribution in [1.29, 1.82) is 0 Å². The molecule has 0 radical (unpaired) electrons. The van der Waals surface area contributed by atoms with Crippen LogP contribution in [0.1, 0.15) is 29.4 Å². The molecule has 1 rings (SSSR count). The molecule has 19 heavy (non-hydrogen) atoms. The average molecular weight is 264 g/mol. The SMILES string of the molecule is C=CCN(CCO)c1cc(C(=O)O)cc(CCC)n1. The van der Waals surface area contributed by atoms with E-state index in [-0.39, 0.29) is 12.2 Å². The second-order valence-electron chi connectivity index (χ2n) is 4.22. The normalized spacial score (nSPS) is 10.2. The van der Waals surface area contributed by atoms with E-state index in [1.54, 1.807) is 17.0 Å². The van der Waals surface area contributed by atoms with Crippen LogP contribution in [-0.4, -0.2) is 40.9 Å². The number of aryl methyl sites for hydroxylation is 1. The van der Waals surface area contributed by atoms with Gasteiger partial charge in [0.05, 0.1) is 12.2 Å². The van der Waals surface area contributed by atoms with E-state index in [2.05, 4.69) is 11.6 Å². The minimum atomic E-state index is -0.969. The van der Waals surface area contributed by atoms with E-state index in [9.17, 15) is 4.79 Å². The zero-order valence-electron chi connectivity index (χ0n) is 11.2. The van der Waals surface area contributed by atoms with Crippen LogP contribution in [0.3, 0.4) is 0 Å². The lowest BCUT2D eigenvalue weighted by atomic mass is 10.1. The monoisotopic (exact) mass is 264 g/mol. The van der Waals surface area contributed by atoms with Gasteiger partial charge in [-0.2, -0.15) is 0 Å². The molecule has 0 amide bonds. The van der Waals surface area contributed by atoms with E-state index in [1.165, 1.54) is 6.07 Å². The molecule has 0 saturated heterocycles. The average Bonchev–Trinajstić information content (AvgIpc) is 2.38. The molecule has 0 fully saturated rings. The van der Waals surface area contributed by atoms with Crippen LogP contribution >= 0.6 is 0 Å². The molecule has 5 heteroatoms. The fourth-order valence-electron chi connectivity index (χ4n) is 1.82. The van der Waals surface area contributed by atoms with E-state index >= 15 is 0 Å². The van der Waals surface area contributed by atoms with Crippen LogP contribution in [0.5, 0.6) is 0 Å². The predicted molar refractivity (Wildman–Crippen MR) is 74.7 cm³/mol. The largest absolute Gasteiger partial charge is 0.478 e. The first kappa shape index (κ1) is 15.2. The summed E-state index contributed by atoms with van der Waals surface area (Å²) in [5.74, 6) is -0.402. The van der Waals surface area contributed by atoms with E-state index in [1.807, 2.05) is 6.92 Å². The van der Waals surface area contributed by atoms with Crippen LogP contribution < -0.4 is 4.90 Å². The molecule has 0 unspecified atom stereocenters. The molecule has 2 N–H and O–H groups in total. The van der Waals surface area contributed by atoms with Crippen molar-refractivity contribution in [3.8, 4) is 0 Å². The summed E-state index contributed by atoms with van der Waals surface area (Å²) >= 11 is 0. The van der Waals surface area contributed by atoms with Crippen molar-refractivity contribution in [2.24, 2.45) is 0 Å². The Morgan fingerprint density at radius 1 is 1.53 bits per heavy atom. The molecule has 1 aromatic rings. The van der Waals surface area contributed by atoms with Gasteiger partial charge >= 0.3 is 5.97 Å². The molecule has 1 heterocycles. The lowest BCUT2D eigenvalue weighted by molar-refractivity contribution is 0.0696. The van der Waals surface area contributed by atoms with Gasteiger partial charge in [0.1, 0.15) is 5.82 Å². The molecule has 5 nitrogen and oxygen atoms in total. The van der Waals surface area contributed by atoms with Gasteiger partial charge in [-0.3, -0.25) is 0 Å². The molecule has 0 bridgehead atoms. The maximum absolute atomic E-state index is 11.1. The quantitative estimate of drug-likeness (QED) is 0.699. The Labute approximate surface area is 113 Å². The summed E-state index contributed by atoms with van der Waals surface area (Å²) < 4.78 is 0. The number of aromatic nitrogens is 1. The maximum atomic E-state index is 11.1. The van der Waals surface area contributed by atoms with Crippen LogP contribution in [0.2, 0.25) is 0 Å². The number of anilines is 1. The summed E-state index contributed by atoms with van der Waals surface area (Å²) in [6, 6.07) is 3.13. The predicted octanol–water partition coefficient (Wildman–Crippen LogP) is 1.72. The van der Waals surface area contributed by atoms with Crippen molar-refractivity contribution < 1.29 is 15.0 Å². The summed E-state index contributed by atoms with van der Waals surface area (Å²) in [4.78, 5) is 17.4. The van der Waals surface area contributed by atoms with Gasteiger partial charge in [-0.15, -0.1) is 6.58 Å². The highest BCUT2D eigenvalue weighted by Crippen LogP contribution is 2.16. The van der Waals surface area contributed by atoms with Crippen molar-refractivity contribution >= 4 is 11.8 Å². The Morgan fingerprint density at radius 2 is 2.26 bits per heavy atom. The number of carbonyl (C=O) groups is 1. The van der Waals surface area contributed by atoms with Crippen molar-refractivity contribution in [1.82, 2.24) is 4.98 Å². The number of nitrogens with zero attached hydrogens (tertiary/aromatic N) is 2. The number of aromatic carboxylic acids is 1. The van der Waals surface area contributed by atoms with E-state index in [0.29, 0.717) is 18.9 Å². The highest BCUT2D eigenvalue weighted by atomic mass is 16.4. The summed E-state index contributed by atoms with van der Waals surface area (Å²) in [7, 11) is 0. The highest BCUT2D eigenvalue weighted by molar-refractivity contribution is 5.88. The standard InChI is InChI=1S/C14H20N2O3/c1-3-5-12-9-11(14(18)19)10-13(15-12)16(6-4-2)7-8-17/h4,9-10,17H,2-3,5-8H2,1H3,(H,18,19). The van der Waals surface area contributed by atoms with E-state index in [0.717, 1.165) is 18.5 Å². The Hall–Kier alpha value is -1.88. The summed E-state index contributed by atoms with van der Waals surface area (Å²) in [5.41, 5.74) is 0.977. The van der Waals surface area contributed by atoms with Crippen LogP contribution in [0, 0.1) is 0 Å². The third-order valence-corrected chi connectivity index (χ3v) is 2.66. The zero-order chi connectivity index (χ0) is 14.3. The molecule has 0 aliphatic heterocycles. The van der Waals surface area contributed by atoms with Gasteiger partial charge in [0, 0.05) is 18.8 Å². The smallest absolute Gasteiger partial charge is 0.335 e. The van der Waals surface area contributed by atoms with E-state index in [4.69, 9.17) is 10.2 Å². The molecule has 0 aliphatic carbocycles. The molecule has 0 spiro atoms. The number of hydrogen-bond acceptors (Lipinski definition) is 4. The second-order valence-corrected chi connectivity index (χ2v) is 4.22. The Kier molecular flexibility index (Phi) is 6.02. The number of aliphatic hydroxyl groups is 1. The second kappa shape index (κ2) is 7.53. The topological polar surface area (TPSA) is 73.7 Å². The lowest BCUT2D eigenvalue weighted by Crippen LogP contribution is -2.28. The Balaban J connectivity index is 3.14. The molecule has 1 aromatic heterocycles. The molecular formula is C14H20N2O3. The van der Waals surface area contributed by atoms with Crippen molar-refractivity contribution in [2.75, 3.05) is 24.6 Å². The van der Waals surface area contributed by atoms with E-state index < -0.39 is 5.97 Å². The molecule has 0 saturated carbocycles. The number of hydrogen-bond donors (Lipinski definition) is 2. The molecule has 0 aliphatic rings. The minimum absolute atomic E-state index is 0.0179. The summed E-state index contributed by atoms with van der Waals surface area (Å²) in [5, 5.41) is 18.2. The first-order valence-electron chi connectivity index (χ1n) is 6.33. The number of carboxylic acids is 1. The van der Waals surface area contributed by atoms with Gasteiger partial charge in [0.15, 0.2) is 0 Å². The first-order chi connectivity index (χ1) is 9.12. The Bertz CT molecular complexity index is 446. The fourth-order valence-corrected chi connectivity index (χ4v) is 1.82. The first-order valence-corrected chi connectivity index (χ1v) is 6.33. The van der Waals surface area contributed by atoms with Gasteiger partial charge in [-0.1, -0.05) is 19.4 Å². The number of rotatable bonds is 8. The number of carboxylic acid groups (broad SMARTS) is 1. The molecule has 0 aromatic carbocycles. The molecule has 0 atom stereocenters. The van der Waals surface area contributed by atoms with Gasteiger partial charge in [0.2, 0.25) is 0 Å². The van der Waals surface area contributed by atoms with Crippen LogP contribution in [0.15, 0.2) is 24.8 Å². The van der Waals surface area contributed by atoms with Crippen LogP contribution in [0.25, 0.3) is 0 Å². The van der Waals surface area contributed by atoms with Gasteiger partial charge in [0.25, 0.3) is 0 Å². The highest BCUT2D eigenvalue weighted by Gasteiger charge is 2.12. The number of aliphatic hydroxyl groups excluding tert-OH is 1. The van der Waals surface area contributed by atoms with Crippen LogP contribution in [0.4, 0.5) is 5.82 Å². The van der Waals surface area contributed by atoms with Gasteiger partial charge in [-0.25, -0.2) is 9.78 Å². The van der Waals surface area contributed by atoms with Gasteiger partial charge < -0.3 is 15.1 Å². The van der Waals surface area contributed by atoms with Crippen molar-refractivity contribution in [3.63, 3.8) is 0 Å². The minimum Gasteiger partial charge on any atom is -0.478 e. The summed E-state index contributed by atoms with van der Waals surface area (Å²) in [6.07, 6.45) is 3.33. The third-order valence-electron chi connectivity index (χ3n) is 2.66. The third kappa shape index (κ3) is 4.37. The zero-order valence-corrected chi connectivity index (χ0v) is 11.2. The molecular weight excluding hydrogens is 244 g/mol. The summed E-state index contributed by atoms with van der Waals surface area (Å²) in [6.45, 7) is 6.57. The number of pyridine rings is 1. The van der Waals surface area contributed by atoms with Crippen molar-refractivity contribution in [3.05, 3.63) is 36.0 Å². The van der Waals surface area contributed by atoms with Crippen molar-refractivity contribution in [2.45, 2.75) is 19.8 Å². The van der Waals surface area contributed by atoms with Gasteiger partial charge in [-0.05, 0) is 18.6 Å². The Morgan fingerprint density at radius 3 is 2.79 bits per heavy atom. The van der Waals surface area contributed by atoms with Crippen LogP contribution in [-0.2, 0) is 6.42 Å². The maximum Gasteiger partial charge on any atom is 0.335 e. The molecule has 104 valence electrons. The lowest BCUT2D eigenvalue weighted by Gasteiger charge is -2.22. The fraction of sp³-hybridized carbons (Fsp3) is 0.429.